The Bertz CT molecular complexity index is 375. The molecule has 16 heavy (non-hydrogen) atoms. The lowest BCUT2D eigenvalue weighted by Crippen LogP contribution is -2.32. The molecule has 5 heteroatoms. The number of nitrogens with zero attached hydrogens (tertiary/aromatic N) is 3. The normalized spacial score (nSPS) is 15.9. The molecule has 1 aliphatic rings. The molecule has 0 saturated carbocycles. The Kier molecular flexibility index (Phi) is 3.34. The molecule has 0 spiro atoms. The van der Waals surface area contributed by atoms with E-state index >= 15 is 0 Å². The van der Waals surface area contributed by atoms with Gasteiger partial charge in [-0.25, -0.2) is 14.8 Å². The van der Waals surface area contributed by atoms with Crippen molar-refractivity contribution in [3.8, 4) is 0 Å². The number of rotatable bonds is 2. The fourth-order valence-corrected chi connectivity index (χ4v) is 1.91. The Hall–Kier alpha value is -1.65. The SMILES string of the molecule is COC(=O)c1nccnc1N1CCCCC1. The van der Waals surface area contributed by atoms with Gasteiger partial charge in [0.05, 0.1) is 7.11 Å². The molecule has 0 aromatic carbocycles. The summed E-state index contributed by atoms with van der Waals surface area (Å²) in [6, 6.07) is 0. The number of ether oxygens (including phenoxy) is 1. The largest absolute Gasteiger partial charge is 0.464 e. The van der Waals surface area contributed by atoms with E-state index in [9.17, 15) is 4.79 Å². The third-order valence-corrected chi connectivity index (χ3v) is 2.71. The summed E-state index contributed by atoms with van der Waals surface area (Å²) >= 11 is 0. The van der Waals surface area contributed by atoms with Crippen molar-refractivity contribution in [3.05, 3.63) is 18.1 Å². The third-order valence-electron chi connectivity index (χ3n) is 2.71. The fourth-order valence-electron chi connectivity index (χ4n) is 1.91. The van der Waals surface area contributed by atoms with Crippen LogP contribution in [-0.2, 0) is 4.74 Å². The van der Waals surface area contributed by atoms with Crippen molar-refractivity contribution in [2.45, 2.75) is 19.3 Å². The van der Waals surface area contributed by atoms with E-state index in [1.807, 2.05) is 0 Å². The number of anilines is 1. The molecule has 86 valence electrons. The molecule has 0 aliphatic carbocycles. The molecule has 1 fully saturated rings. The minimum Gasteiger partial charge on any atom is -0.464 e. The van der Waals surface area contributed by atoms with Gasteiger partial charge < -0.3 is 9.64 Å². The number of hydrogen-bond donors (Lipinski definition) is 0. The molecule has 2 rings (SSSR count). The number of hydrogen-bond acceptors (Lipinski definition) is 5. The van der Waals surface area contributed by atoms with Gasteiger partial charge in [0.2, 0.25) is 0 Å². The lowest BCUT2D eigenvalue weighted by atomic mass is 10.1. The molecule has 5 nitrogen and oxygen atoms in total. The van der Waals surface area contributed by atoms with Gasteiger partial charge in [0.15, 0.2) is 11.5 Å². The Morgan fingerprint density at radius 1 is 1.25 bits per heavy atom. The second-order valence-corrected chi connectivity index (χ2v) is 3.77. The molecular formula is C11H15N3O2. The number of methoxy groups -OCH3 is 1. The third kappa shape index (κ3) is 2.13. The molecule has 1 saturated heterocycles. The monoisotopic (exact) mass is 221 g/mol. The van der Waals surface area contributed by atoms with Gasteiger partial charge in [0.25, 0.3) is 0 Å². The van der Waals surface area contributed by atoms with Crippen molar-refractivity contribution in [1.82, 2.24) is 9.97 Å². The van der Waals surface area contributed by atoms with Crippen LogP contribution < -0.4 is 4.90 Å². The average molecular weight is 221 g/mol. The molecule has 2 heterocycles. The lowest BCUT2D eigenvalue weighted by Gasteiger charge is -2.28. The van der Waals surface area contributed by atoms with E-state index in [0.29, 0.717) is 11.5 Å². The van der Waals surface area contributed by atoms with Gasteiger partial charge in [0, 0.05) is 25.5 Å². The van der Waals surface area contributed by atoms with E-state index in [4.69, 9.17) is 4.74 Å². The summed E-state index contributed by atoms with van der Waals surface area (Å²) in [6.45, 7) is 1.87. The van der Waals surface area contributed by atoms with Crippen LogP contribution in [0.5, 0.6) is 0 Å². The average Bonchev–Trinajstić information content (AvgIpc) is 2.39. The maximum Gasteiger partial charge on any atom is 0.360 e. The summed E-state index contributed by atoms with van der Waals surface area (Å²) in [7, 11) is 1.36. The lowest BCUT2D eigenvalue weighted by molar-refractivity contribution is 0.0594. The molecule has 1 aliphatic heterocycles. The van der Waals surface area contributed by atoms with Crippen molar-refractivity contribution in [2.24, 2.45) is 0 Å². The Morgan fingerprint density at radius 3 is 2.62 bits per heavy atom. The van der Waals surface area contributed by atoms with Crippen molar-refractivity contribution in [2.75, 3.05) is 25.1 Å². The smallest absolute Gasteiger partial charge is 0.360 e. The van der Waals surface area contributed by atoms with Crippen molar-refractivity contribution < 1.29 is 9.53 Å². The zero-order chi connectivity index (χ0) is 11.4. The highest BCUT2D eigenvalue weighted by Gasteiger charge is 2.21. The molecule has 0 radical (unpaired) electrons. The van der Waals surface area contributed by atoms with E-state index in [2.05, 4.69) is 14.9 Å². The molecule has 1 aromatic heterocycles. The summed E-state index contributed by atoms with van der Waals surface area (Å²) in [6.07, 6.45) is 6.63. The van der Waals surface area contributed by atoms with Crippen LogP contribution in [0.3, 0.4) is 0 Å². The number of carbonyl (C=O) groups is 1. The van der Waals surface area contributed by atoms with Gasteiger partial charge in [-0.15, -0.1) is 0 Å². The second-order valence-electron chi connectivity index (χ2n) is 3.77. The van der Waals surface area contributed by atoms with Crippen LogP contribution in [-0.4, -0.2) is 36.1 Å². The fraction of sp³-hybridized carbons (Fsp3) is 0.545. The second kappa shape index (κ2) is 4.92. The Labute approximate surface area is 94.5 Å². The predicted octanol–water partition coefficient (Wildman–Crippen LogP) is 1.25. The molecule has 0 N–H and O–H groups in total. The highest BCUT2D eigenvalue weighted by Crippen LogP contribution is 2.20. The standard InChI is InChI=1S/C11H15N3O2/c1-16-11(15)9-10(13-6-5-12-9)14-7-3-2-4-8-14/h5-6H,2-4,7-8H2,1H3. The number of carbonyl (C=O) groups excluding carboxylic acids is 1. The van der Waals surface area contributed by atoms with Crippen LogP contribution in [0.4, 0.5) is 5.82 Å². The zero-order valence-corrected chi connectivity index (χ0v) is 9.35. The predicted molar refractivity (Wildman–Crippen MR) is 59.4 cm³/mol. The summed E-state index contributed by atoms with van der Waals surface area (Å²) in [5.41, 5.74) is 0.312. The molecular weight excluding hydrogens is 206 g/mol. The molecule has 0 amide bonds. The number of aromatic nitrogens is 2. The Morgan fingerprint density at radius 2 is 1.94 bits per heavy atom. The van der Waals surface area contributed by atoms with Crippen molar-refractivity contribution >= 4 is 11.8 Å². The van der Waals surface area contributed by atoms with Crippen LogP contribution in [0.2, 0.25) is 0 Å². The minimum atomic E-state index is -0.423. The molecule has 0 bridgehead atoms. The van der Waals surface area contributed by atoms with Crippen LogP contribution in [0.15, 0.2) is 12.4 Å². The van der Waals surface area contributed by atoms with Crippen molar-refractivity contribution in [1.29, 1.82) is 0 Å². The summed E-state index contributed by atoms with van der Waals surface area (Å²) in [5, 5.41) is 0. The van der Waals surface area contributed by atoms with Gasteiger partial charge in [-0.05, 0) is 19.3 Å². The van der Waals surface area contributed by atoms with E-state index < -0.39 is 5.97 Å². The maximum atomic E-state index is 11.5. The first-order valence-corrected chi connectivity index (χ1v) is 5.47. The van der Waals surface area contributed by atoms with Gasteiger partial charge in [-0.2, -0.15) is 0 Å². The van der Waals surface area contributed by atoms with Crippen LogP contribution in [0, 0.1) is 0 Å². The Balaban J connectivity index is 2.28. The van der Waals surface area contributed by atoms with Gasteiger partial charge in [-0.1, -0.05) is 0 Å². The summed E-state index contributed by atoms with van der Waals surface area (Å²) in [5.74, 6) is 0.225. The first kappa shape index (κ1) is 10.9. The van der Waals surface area contributed by atoms with Gasteiger partial charge in [0.1, 0.15) is 0 Å². The first-order valence-electron chi connectivity index (χ1n) is 5.47. The van der Waals surface area contributed by atoms with Crippen molar-refractivity contribution in [3.63, 3.8) is 0 Å². The summed E-state index contributed by atoms with van der Waals surface area (Å²) in [4.78, 5) is 21.9. The van der Waals surface area contributed by atoms with E-state index in [-0.39, 0.29) is 0 Å². The topological polar surface area (TPSA) is 55.3 Å². The molecule has 0 atom stereocenters. The van der Waals surface area contributed by atoms with Gasteiger partial charge >= 0.3 is 5.97 Å². The summed E-state index contributed by atoms with van der Waals surface area (Å²) < 4.78 is 4.70. The quantitative estimate of drug-likeness (QED) is 0.703. The first-order chi connectivity index (χ1) is 7.83. The molecule has 0 unspecified atom stereocenters. The molecule has 1 aromatic rings. The zero-order valence-electron chi connectivity index (χ0n) is 9.35. The van der Waals surface area contributed by atoms with Crippen LogP contribution in [0.1, 0.15) is 29.8 Å². The number of esters is 1. The van der Waals surface area contributed by atoms with Crippen LogP contribution in [0.25, 0.3) is 0 Å². The van der Waals surface area contributed by atoms with E-state index in [1.54, 1.807) is 6.20 Å². The highest BCUT2D eigenvalue weighted by molar-refractivity contribution is 5.92. The minimum absolute atomic E-state index is 0.312. The van der Waals surface area contributed by atoms with E-state index in [1.165, 1.54) is 19.7 Å². The maximum absolute atomic E-state index is 11.5. The van der Waals surface area contributed by atoms with Gasteiger partial charge in [-0.3, -0.25) is 0 Å². The van der Waals surface area contributed by atoms with E-state index in [0.717, 1.165) is 25.9 Å². The highest BCUT2D eigenvalue weighted by atomic mass is 16.5. The van der Waals surface area contributed by atoms with Crippen LogP contribution >= 0.6 is 0 Å². The number of piperidine rings is 1.